The standard InChI is InChI=1S/C50H32N2O/c1-3-12-33(13-4-1)34-22-26-38(27-23-34)52-46-32-39(28-30-42(46)43-29-24-36-15-8-10-19-41(36)49(43)52)51(37-16-5-2-6-17-37)45-21-11-20-44-48-40-18-9-7-14-35(40)25-31-47(48)53-50(44)45/h1-32H. The molecule has 0 fully saturated rings. The Bertz CT molecular complexity index is 3160. The fourth-order valence-electron chi connectivity index (χ4n) is 8.34. The number of hydrogen-bond acceptors (Lipinski definition) is 2. The minimum absolute atomic E-state index is 0.867. The number of nitrogens with zero attached hydrogens (tertiary/aromatic N) is 2. The lowest BCUT2D eigenvalue weighted by molar-refractivity contribution is 0.669. The van der Waals surface area contributed by atoms with Gasteiger partial charge in [0.1, 0.15) is 5.58 Å². The van der Waals surface area contributed by atoms with Crippen molar-refractivity contribution in [3.05, 3.63) is 194 Å². The summed E-state index contributed by atoms with van der Waals surface area (Å²) in [5.74, 6) is 0. The zero-order chi connectivity index (χ0) is 34.9. The van der Waals surface area contributed by atoms with Crippen molar-refractivity contribution in [2.75, 3.05) is 4.90 Å². The summed E-state index contributed by atoms with van der Waals surface area (Å²) in [6, 6.07) is 69.6. The van der Waals surface area contributed by atoms with Gasteiger partial charge in [0.25, 0.3) is 0 Å². The fraction of sp³-hybridized carbons (Fsp3) is 0. The Labute approximate surface area is 306 Å². The van der Waals surface area contributed by atoms with Crippen LogP contribution >= 0.6 is 0 Å². The first kappa shape index (κ1) is 29.6. The largest absolute Gasteiger partial charge is 0.454 e. The number of anilines is 3. The molecule has 0 N–H and O–H groups in total. The van der Waals surface area contributed by atoms with Gasteiger partial charge in [-0.25, -0.2) is 0 Å². The number of para-hydroxylation sites is 2. The number of aromatic nitrogens is 1. The van der Waals surface area contributed by atoms with Crippen molar-refractivity contribution < 1.29 is 4.42 Å². The lowest BCUT2D eigenvalue weighted by Crippen LogP contribution is -2.10. The molecule has 0 saturated carbocycles. The second kappa shape index (κ2) is 11.7. The summed E-state index contributed by atoms with van der Waals surface area (Å²) in [7, 11) is 0. The molecule has 11 rings (SSSR count). The molecule has 2 aromatic heterocycles. The molecule has 0 aliphatic heterocycles. The quantitative estimate of drug-likeness (QED) is 0.181. The summed E-state index contributed by atoms with van der Waals surface area (Å²) in [4.78, 5) is 2.34. The predicted molar refractivity (Wildman–Crippen MR) is 223 cm³/mol. The Morgan fingerprint density at radius 1 is 0.415 bits per heavy atom. The summed E-state index contributed by atoms with van der Waals surface area (Å²) in [5, 5.41) is 9.55. The molecule has 0 unspecified atom stereocenters. The van der Waals surface area contributed by atoms with E-state index in [9.17, 15) is 0 Å². The summed E-state index contributed by atoms with van der Waals surface area (Å²) < 4.78 is 9.24. The van der Waals surface area contributed by atoms with Crippen LogP contribution in [-0.2, 0) is 0 Å². The molecule has 0 bridgehead atoms. The van der Waals surface area contributed by atoms with Gasteiger partial charge in [-0.15, -0.1) is 0 Å². The van der Waals surface area contributed by atoms with Crippen LogP contribution in [0, 0.1) is 0 Å². The van der Waals surface area contributed by atoms with Gasteiger partial charge in [-0.05, 0) is 75.8 Å². The van der Waals surface area contributed by atoms with Crippen molar-refractivity contribution in [3.63, 3.8) is 0 Å². The Hall–Kier alpha value is -7.10. The van der Waals surface area contributed by atoms with Gasteiger partial charge in [-0.1, -0.05) is 146 Å². The molecule has 0 spiro atoms. The zero-order valence-electron chi connectivity index (χ0n) is 28.8. The highest BCUT2D eigenvalue weighted by atomic mass is 16.3. The van der Waals surface area contributed by atoms with Crippen LogP contribution in [0.15, 0.2) is 199 Å². The Morgan fingerprint density at radius 3 is 1.87 bits per heavy atom. The van der Waals surface area contributed by atoms with Crippen molar-refractivity contribution in [2.24, 2.45) is 0 Å². The van der Waals surface area contributed by atoms with Gasteiger partial charge in [0.15, 0.2) is 5.58 Å². The highest BCUT2D eigenvalue weighted by Gasteiger charge is 2.22. The molecule has 0 saturated heterocycles. The molecule has 3 heteroatoms. The lowest BCUT2D eigenvalue weighted by Gasteiger charge is -2.25. The molecular weight excluding hydrogens is 645 g/mol. The molecule has 248 valence electrons. The third kappa shape index (κ3) is 4.61. The third-order valence-corrected chi connectivity index (χ3v) is 10.7. The molecule has 3 nitrogen and oxygen atoms in total. The van der Waals surface area contributed by atoms with Crippen molar-refractivity contribution >= 4 is 82.4 Å². The van der Waals surface area contributed by atoms with Crippen LogP contribution in [0.1, 0.15) is 0 Å². The summed E-state index contributed by atoms with van der Waals surface area (Å²) in [6.45, 7) is 0. The molecule has 53 heavy (non-hydrogen) atoms. The van der Waals surface area contributed by atoms with Crippen molar-refractivity contribution in [2.45, 2.75) is 0 Å². The second-order valence-corrected chi connectivity index (χ2v) is 13.7. The van der Waals surface area contributed by atoms with E-state index in [4.69, 9.17) is 4.42 Å². The van der Waals surface area contributed by atoms with Gasteiger partial charge in [-0.2, -0.15) is 0 Å². The van der Waals surface area contributed by atoms with E-state index >= 15 is 0 Å². The summed E-state index contributed by atoms with van der Waals surface area (Å²) in [5.41, 5.74) is 10.7. The molecule has 0 aliphatic carbocycles. The lowest BCUT2D eigenvalue weighted by atomic mass is 10.0. The molecule has 2 heterocycles. The number of rotatable bonds is 5. The minimum atomic E-state index is 0.867. The SMILES string of the molecule is c1ccc(-c2ccc(-n3c4cc(N(c5ccccc5)c5cccc6c5oc5ccc7ccccc7c56)ccc4c4ccc5ccccc5c43)cc2)cc1. The van der Waals surface area contributed by atoms with Gasteiger partial charge < -0.3 is 13.9 Å². The molecule has 0 atom stereocenters. The van der Waals surface area contributed by atoms with Gasteiger partial charge in [0.05, 0.1) is 16.7 Å². The normalized spacial score (nSPS) is 11.8. The van der Waals surface area contributed by atoms with Gasteiger partial charge in [0.2, 0.25) is 0 Å². The van der Waals surface area contributed by atoms with E-state index in [2.05, 4.69) is 204 Å². The number of fused-ring (bicyclic) bond motifs is 10. The first-order valence-electron chi connectivity index (χ1n) is 18.1. The van der Waals surface area contributed by atoms with E-state index in [1.807, 2.05) is 0 Å². The zero-order valence-corrected chi connectivity index (χ0v) is 28.8. The van der Waals surface area contributed by atoms with E-state index in [1.54, 1.807) is 0 Å². The molecule has 9 aromatic carbocycles. The summed E-state index contributed by atoms with van der Waals surface area (Å²) >= 11 is 0. The first-order valence-corrected chi connectivity index (χ1v) is 18.1. The average Bonchev–Trinajstić information content (AvgIpc) is 3.78. The minimum Gasteiger partial charge on any atom is -0.454 e. The van der Waals surface area contributed by atoms with Crippen LogP contribution < -0.4 is 4.90 Å². The average molecular weight is 677 g/mol. The van der Waals surface area contributed by atoms with Crippen LogP contribution in [0.5, 0.6) is 0 Å². The molecular formula is C50H32N2O. The Morgan fingerprint density at radius 2 is 1.06 bits per heavy atom. The van der Waals surface area contributed by atoms with Crippen LogP contribution in [0.25, 0.3) is 82.1 Å². The number of hydrogen-bond donors (Lipinski definition) is 0. The van der Waals surface area contributed by atoms with E-state index in [1.165, 1.54) is 49.0 Å². The fourth-order valence-corrected chi connectivity index (χ4v) is 8.34. The van der Waals surface area contributed by atoms with E-state index in [-0.39, 0.29) is 0 Å². The van der Waals surface area contributed by atoms with Crippen LogP contribution in [0.3, 0.4) is 0 Å². The maximum absolute atomic E-state index is 6.79. The van der Waals surface area contributed by atoms with Crippen LogP contribution in [0.2, 0.25) is 0 Å². The van der Waals surface area contributed by atoms with Crippen molar-refractivity contribution in [1.82, 2.24) is 4.57 Å². The van der Waals surface area contributed by atoms with Crippen LogP contribution in [0.4, 0.5) is 17.1 Å². The van der Waals surface area contributed by atoms with E-state index in [0.29, 0.717) is 0 Å². The summed E-state index contributed by atoms with van der Waals surface area (Å²) in [6.07, 6.45) is 0. The Kier molecular flexibility index (Phi) is 6.55. The Balaban J connectivity index is 1.18. The van der Waals surface area contributed by atoms with E-state index < -0.39 is 0 Å². The molecule has 11 aromatic rings. The number of benzene rings is 9. The third-order valence-electron chi connectivity index (χ3n) is 10.7. The predicted octanol–water partition coefficient (Wildman–Crippen LogP) is 14.1. The maximum Gasteiger partial charge on any atom is 0.159 e. The molecule has 0 aliphatic rings. The van der Waals surface area contributed by atoms with Crippen molar-refractivity contribution in [3.8, 4) is 16.8 Å². The van der Waals surface area contributed by atoms with Crippen molar-refractivity contribution in [1.29, 1.82) is 0 Å². The highest BCUT2D eigenvalue weighted by molar-refractivity contribution is 6.22. The topological polar surface area (TPSA) is 21.3 Å². The van der Waals surface area contributed by atoms with Gasteiger partial charge in [0, 0.05) is 44.0 Å². The second-order valence-electron chi connectivity index (χ2n) is 13.7. The van der Waals surface area contributed by atoms with E-state index in [0.717, 1.165) is 50.2 Å². The van der Waals surface area contributed by atoms with Crippen LogP contribution in [-0.4, -0.2) is 4.57 Å². The maximum atomic E-state index is 6.79. The van der Waals surface area contributed by atoms with Gasteiger partial charge in [-0.3, -0.25) is 0 Å². The highest BCUT2D eigenvalue weighted by Crippen LogP contribution is 2.45. The molecule has 0 radical (unpaired) electrons. The smallest absolute Gasteiger partial charge is 0.159 e. The number of furan rings is 1. The molecule has 0 amide bonds. The van der Waals surface area contributed by atoms with Gasteiger partial charge >= 0.3 is 0 Å². The monoisotopic (exact) mass is 676 g/mol. The first-order chi connectivity index (χ1) is 26.3.